The molecule has 7 nitrogen and oxygen atoms in total. The van der Waals surface area contributed by atoms with Gasteiger partial charge in [0, 0.05) is 80.6 Å². The Morgan fingerprint density at radius 1 is 1.09 bits per heavy atom. The topological polar surface area (TPSA) is 51.3 Å². The molecule has 0 radical (unpaired) electrons. The Bertz CT molecular complexity index is 1230. The summed E-state index contributed by atoms with van der Waals surface area (Å²) in [4.78, 5) is 4.52. The van der Waals surface area contributed by atoms with Crippen LogP contribution >= 0.6 is 0 Å². The van der Waals surface area contributed by atoms with Crippen molar-refractivity contribution < 1.29 is 13.5 Å². The zero-order valence-electron chi connectivity index (χ0n) is 20.4. The van der Waals surface area contributed by atoms with Crippen molar-refractivity contribution in [2.24, 2.45) is 7.05 Å². The second-order valence-electron chi connectivity index (χ2n) is 10.1. The fourth-order valence-electron chi connectivity index (χ4n) is 5.87. The van der Waals surface area contributed by atoms with Crippen molar-refractivity contribution in [2.45, 2.75) is 51.1 Å². The highest BCUT2D eigenvalue weighted by Crippen LogP contribution is 2.43. The molecule has 1 aromatic carbocycles. The van der Waals surface area contributed by atoms with Crippen molar-refractivity contribution in [3.05, 3.63) is 46.9 Å². The first-order chi connectivity index (χ1) is 17.0. The summed E-state index contributed by atoms with van der Waals surface area (Å²) < 4.78 is 38.1. The molecule has 1 fully saturated rings. The smallest absolute Gasteiger partial charge is 0.264 e. The van der Waals surface area contributed by atoms with Crippen molar-refractivity contribution >= 4 is 11.5 Å². The van der Waals surface area contributed by atoms with Crippen LogP contribution in [0.3, 0.4) is 0 Å². The van der Waals surface area contributed by atoms with Gasteiger partial charge in [-0.1, -0.05) is 0 Å². The number of rotatable bonds is 4. The number of aromatic nitrogens is 4. The molecule has 0 aliphatic carbocycles. The van der Waals surface area contributed by atoms with E-state index in [0.29, 0.717) is 11.6 Å². The molecule has 0 atom stereocenters. The molecule has 6 rings (SSSR count). The van der Waals surface area contributed by atoms with Crippen molar-refractivity contribution in [1.29, 1.82) is 0 Å². The second-order valence-corrected chi connectivity index (χ2v) is 10.1. The standard InChI is InChI=1S/C26H32F2N6O/c1-31-9-5-23-22(16-31)26(30-34(23)19-6-10-35-11-7-19)33-8-3-4-17-12-20(18-14-29-32(2)15-18)21(25(27)28)13-24(17)33/h12-15,19,25H,3-11,16H2,1-2H3. The van der Waals surface area contributed by atoms with Crippen LogP contribution in [0.25, 0.3) is 11.1 Å². The zero-order valence-corrected chi connectivity index (χ0v) is 20.4. The van der Waals surface area contributed by atoms with E-state index in [9.17, 15) is 8.78 Å². The molecule has 0 unspecified atom stereocenters. The number of benzene rings is 1. The highest BCUT2D eigenvalue weighted by Gasteiger charge is 2.33. The summed E-state index contributed by atoms with van der Waals surface area (Å²) >= 11 is 0. The number of alkyl halides is 2. The van der Waals surface area contributed by atoms with Gasteiger partial charge >= 0.3 is 0 Å². The van der Waals surface area contributed by atoms with Gasteiger partial charge in [-0.25, -0.2) is 8.78 Å². The van der Waals surface area contributed by atoms with Gasteiger partial charge in [0.25, 0.3) is 6.43 Å². The Hall–Kier alpha value is -2.78. The quantitative estimate of drug-likeness (QED) is 0.542. The lowest BCUT2D eigenvalue weighted by Crippen LogP contribution is -2.30. The third-order valence-electron chi connectivity index (χ3n) is 7.67. The van der Waals surface area contributed by atoms with Crippen LogP contribution in [-0.4, -0.2) is 57.8 Å². The second kappa shape index (κ2) is 9.02. The molecular weight excluding hydrogens is 450 g/mol. The molecular formula is C26H32F2N6O. The number of hydrogen-bond donors (Lipinski definition) is 0. The van der Waals surface area contributed by atoms with E-state index in [0.717, 1.165) is 87.6 Å². The Morgan fingerprint density at radius 3 is 2.66 bits per heavy atom. The van der Waals surface area contributed by atoms with Crippen LogP contribution in [0, 0.1) is 0 Å². The predicted octanol–water partition coefficient (Wildman–Crippen LogP) is 4.64. The molecule has 3 aromatic rings. The summed E-state index contributed by atoms with van der Waals surface area (Å²) in [7, 11) is 3.94. The zero-order chi connectivity index (χ0) is 24.1. The number of ether oxygens (including phenoxy) is 1. The first-order valence-electron chi connectivity index (χ1n) is 12.6. The summed E-state index contributed by atoms with van der Waals surface area (Å²) in [6.07, 6.45) is 5.60. The van der Waals surface area contributed by atoms with Gasteiger partial charge in [0.2, 0.25) is 0 Å². The molecule has 0 spiro atoms. The number of nitrogens with zero attached hydrogens (tertiary/aromatic N) is 6. The van der Waals surface area contributed by atoms with Crippen LogP contribution < -0.4 is 4.90 Å². The van der Waals surface area contributed by atoms with Crippen LogP contribution in [0.15, 0.2) is 24.5 Å². The van der Waals surface area contributed by atoms with Crippen molar-refractivity contribution in [3.63, 3.8) is 0 Å². The Labute approximate surface area is 204 Å². The molecule has 0 bridgehead atoms. The van der Waals surface area contributed by atoms with Gasteiger partial charge < -0.3 is 14.5 Å². The van der Waals surface area contributed by atoms with E-state index in [-0.39, 0.29) is 5.56 Å². The normalized spacial score (nSPS) is 19.3. The van der Waals surface area contributed by atoms with Crippen molar-refractivity contribution in [3.8, 4) is 11.1 Å². The van der Waals surface area contributed by atoms with Gasteiger partial charge in [-0.15, -0.1) is 0 Å². The minimum absolute atomic E-state index is 0.0542. The summed E-state index contributed by atoms with van der Waals surface area (Å²) in [6.45, 7) is 4.13. The Morgan fingerprint density at radius 2 is 1.91 bits per heavy atom. The number of aryl methyl sites for hydroxylation is 2. The number of anilines is 2. The Balaban J connectivity index is 1.47. The van der Waals surface area contributed by atoms with Gasteiger partial charge in [-0.3, -0.25) is 9.36 Å². The molecule has 3 aliphatic heterocycles. The van der Waals surface area contributed by atoms with Crippen LogP contribution in [0.2, 0.25) is 0 Å². The van der Waals surface area contributed by atoms with Crippen LogP contribution in [0.1, 0.15) is 54.1 Å². The third-order valence-corrected chi connectivity index (χ3v) is 7.67. The average molecular weight is 483 g/mol. The van der Waals surface area contributed by atoms with Crippen LogP contribution in [0.5, 0.6) is 0 Å². The maximum absolute atomic E-state index is 14.3. The van der Waals surface area contributed by atoms with E-state index in [4.69, 9.17) is 9.84 Å². The molecule has 186 valence electrons. The first-order valence-corrected chi connectivity index (χ1v) is 12.6. The Kier molecular flexibility index (Phi) is 5.84. The predicted molar refractivity (Wildman–Crippen MR) is 130 cm³/mol. The highest BCUT2D eigenvalue weighted by molar-refractivity contribution is 5.76. The van der Waals surface area contributed by atoms with E-state index in [2.05, 4.69) is 26.6 Å². The lowest BCUT2D eigenvalue weighted by molar-refractivity contribution is 0.0651. The number of fused-ring (bicyclic) bond motifs is 2. The lowest BCUT2D eigenvalue weighted by atomic mass is 9.92. The van der Waals surface area contributed by atoms with E-state index in [1.54, 1.807) is 30.2 Å². The minimum atomic E-state index is -2.57. The number of likely N-dealkylation sites (N-methyl/N-ethyl adjacent to an activating group) is 1. The fraction of sp³-hybridized carbons (Fsp3) is 0.538. The number of halogens is 2. The summed E-state index contributed by atoms with van der Waals surface area (Å²) in [5, 5.41) is 9.40. The average Bonchev–Trinajstić information content (AvgIpc) is 3.46. The maximum atomic E-state index is 14.3. The third kappa shape index (κ3) is 4.04. The molecule has 3 aliphatic rings. The molecule has 2 aromatic heterocycles. The molecule has 0 saturated carbocycles. The minimum Gasteiger partial charge on any atom is -0.381 e. The fourth-order valence-corrected chi connectivity index (χ4v) is 5.87. The van der Waals surface area contributed by atoms with E-state index < -0.39 is 6.43 Å². The first kappa shape index (κ1) is 22.7. The lowest BCUT2D eigenvalue weighted by Gasteiger charge is -2.33. The van der Waals surface area contributed by atoms with Gasteiger partial charge in [0.15, 0.2) is 5.82 Å². The van der Waals surface area contributed by atoms with Crippen molar-refractivity contribution in [1.82, 2.24) is 24.5 Å². The molecule has 1 saturated heterocycles. The SMILES string of the molecule is CN1CCc2c(c(N3CCCc4cc(-c5cnn(C)c5)c(C(F)F)cc43)nn2C2CCOCC2)C1. The largest absolute Gasteiger partial charge is 0.381 e. The van der Waals surface area contributed by atoms with Gasteiger partial charge in [-0.2, -0.15) is 10.2 Å². The van der Waals surface area contributed by atoms with Gasteiger partial charge in [0.05, 0.1) is 12.2 Å². The van der Waals surface area contributed by atoms with Crippen molar-refractivity contribution in [2.75, 3.05) is 38.3 Å². The number of hydrogen-bond acceptors (Lipinski definition) is 5. The monoisotopic (exact) mass is 482 g/mol. The summed E-state index contributed by atoms with van der Waals surface area (Å²) in [6, 6.07) is 3.99. The van der Waals surface area contributed by atoms with Crippen LogP contribution in [0.4, 0.5) is 20.3 Å². The summed E-state index contributed by atoms with van der Waals surface area (Å²) in [5.41, 5.74) is 5.86. The van der Waals surface area contributed by atoms with Gasteiger partial charge in [0.1, 0.15) is 0 Å². The van der Waals surface area contributed by atoms with E-state index >= 15 is 0 Å². The molecule has 0 N–H and O–H groups in total. The highest BCUT2D eigenvalue weighted by atomic mass is 19.3. The van der Waals surface area contributed by atoms with Crippen LogP contribution in [-0.2, 0) is 31.2 Å². The van der Waals surface area contributed by atoms with E-state index in [1.807, 2.05) is 6.07 Å². The van der Waals surface area contributed by atoms with Gasteiger partial charge in [-0.05, 0) is 56.0 Å². The maximum Gasteiger partial charge on any atom is 0.264 e. The summed E-state index contributed by atoms with van der Waals surface area (Å²) in [5.74, 6) is 0.938. The van der Waals surface area contributed by atoms with E-state index in [1.165, 1.54) is 11.3 Å². The molecule has 9 heteroatoms. The molecule has 0 amide bonds. The molecule has 5 heterocycles. The molecule has 35 heavy (non-hydrogen) atoms.